The van der Waals surface area contributed by atoms with Crippen molar-refractivity contribution in [3.63, 3.8) is 0 Å². The van der Waals surface area contributed by atoms with Crippen LogP contribution in [0.5, 0.6) is 5.75 Å². The van der Waals surface area contributed by atoms with Gasteiger partial charge in [0.15, 0.2) is 0 Å². The molecule has 0 bridgehead atoms. The highest BCUT2D eigenvalue weighted by Gasteiger charge is 2.03. The summed E-state index contributed by atoms with van der Waals surface area (Å²) in [4.78, 5) is 0. The minimum Gasteiger partial charge on any atom is -0.481 e. The Morgan fingerprint density at radius 3 is 2.40 bits per heavy atom. The van der Waals surface area contributed by atoms with E-state index in [4.69, 9.17) is 4.74 Å². The summed E-state index contributed by atoms with van der Waals surface area (Å²) in [6.45, 7) is 2.30. The van der Waals surface area contributed by atoms with E-state index in [1.54, 1.807) is 0 Å². The Hall–Kier alpha value is -2.24. The maximum atomic E-state index is 9.70. The normalized spacial score (nSPS) is 11.3. The van der Waals surface area contributed by atoms with E-state index >= 15 is 0 Å². The van der Waals surface area contributed by atoms with Crippen LogP contribution in [0.3, 0.4) is 0 Å². The maximum Gasteiger partial charge on any atom is 0.149 e. The van der Waals surface area contributed by atoms with Crippen LogP contribution in [0.4, 0.5) is 0 Å². The molecule has 0 radical (unpaired) electrons. The SMILES string of the molecule is CC[C@H](O)c1ccc(OCC#Cc2ccccc2)cc1. The van der Waals surface area contributed by atoms with E-state index in [2.05, 4.69) is 11.8 Å². The second-order valence-electron chi connectivity index (χ2n) is 4.45. The molecule has 102 valence electrons. The van der Waals surface area contributed by atoms with Gasteiger partial charge in [0.2, 0.25) is 0 Å². The molecule has 1 N–H and O–H groups in total. The van der Waals surface area contributed by atoms with Gasteiger partial charge in [0.05, 0.1) is 6.10 Å². The van der Waals surface area contributed by atoms with Crippen LogP contribution in [-0.4, -0.2) is 11.7 Å². The smallest absolute Gasteiger partial charge is 0.149 e. The number of aliphatic hydroxyl groups excluding tert-OH is 1. The summed E-state index contributed by atoms with van der Waals surface area (Å²) in [5.41, 5.74) is 1.90. The summed E-state index contributed by atoms with van der Waals surface area (Å²) in [6.07, 6.45) is 0.310. The molecule has 0 heterocycles. The molecular weight excluding hydrogens is 248 g/mol. The molecule has 0 spiro atoms. The quantitative estimate of drug-likeness (QED) is 0.857. The summed E-state index contributed by atoms with van der Waals surface area (Å²) in [5, 5.41) is 9.70. The molecule has 0 amide bonds. The lowest BCUT2D eigenvalue weighted by molar-refractivity contribution is 0.173. The lowest BCUT2D eigenvalue weighted by atomic mass is 10.1. The summed E-state index contributed by atoms with van der Waals surface area (Å²) >= 11 is 0. The van der Waals surface area contributed by atoms with Gasteiger partial charge in [-0.2, -0.15) is 0 Å². The fraction of sp³-hybridized carbons (Fsp3) is 0.222. The van der Waals surface area contributed by atoms with Crippen molar-refractivity contribution in [1.29, 1.82) is 0 Å². The van der Waals surface area contributed by atoms with Gasteiger partial charge >= 0.3 is 0 Å². The third-order valence-corrected chi connectivity index (χ3v) is 2.97. The van der Waals surface area contributed by atoms with Gasteiger partial charge in [0.1, 0.15) is 12.4 Å². The number of hydrogen-bond acceptors (Lipinski definition) is 2. The Bertz CT molecular complexity index is 576. The average molecular weight is 266 g/mol. The monoisotopic (exact) mass is 266 g/mol. The third kappa shape index (κ3) is 4.15. The van der Waals surface area contributed by atoms with Gasteiger partial charge in [-0.1, -0.05) is 49.1 Å². The van der Waals surface area contributed by atoms with Crippen LogP contribution in [0.15, 0.2) is 54.6 Å². The van der Waals surface area contributed by atoms with Crippen LogP contribution in [0.1, 0.15) is 30.6 Å². The molecule has 0 aliphatic rings. The first kappa shape index (κ1) is 14.2. The molecule has 0 aromatic heterocycles. The number of aliphatic hydroxyl groups is 1. The fourth-order valence-electron chi connectivity index (χ4n) is 1.80. The first-order valence-electron chi connectivity index (χ1n) is 6.74. The molecule has 0 saturated carbocycles. The highest BCUT2D eigenvalue weighted by molar-refractivity contribution is 5.34. The first-order chi connectivity index (χ1) is 9.79. The maximum absolute atomic E-state index is 9.70. The van der Waals surface area contributed by atoms with Crippen LogP contribution in [-0.2, 0) is 0 Å². The van der Waals surface area contributed by atoms with Crippen LogP contribution in [0, 0.1) is 11.8 Å². The van der Waals surface area contributed by atoms with Crippen LogP contribution in [0.25, 0.3) is 0 Å². The van der Waals surface area contributed by atoms with Crippen molar-refractivity contribution in [3.05, 3.63) is 65.7 Å². The minimum absolute atomic E-state index is 0.352. The molecule has 2 nitrogen and oxygen atoms in total. The van der Waals surface area contributed by atoms with E-state index in [1.807, 2.05) is 61.5 Å². The highest BCUT2D eigenvalue weighted by Crippen LogP contribution is 2.19. The molecule has 0 saturated heterocycles. The molecule has 0 unspecified atom stereocenters. The Morgan fingerprint density at radius 2 is 1.75 bits per heavy atom. The molecule has 2 rings (SSSR count). The van der Waals surface area contributed by atoms with Gasteiger partial charge in [-0.25, -0.2) is 0 Å². The second kappa shape index (κ2) is 7.37. The van der Waals surface area contributed by atoms with E-state index in [1.165, 1.54) is 0 Å². The standard InChI is InChI=1S/C18H18O2/c1-2-18(19)16-10-12-17(13-11-16)20-14-6-9-15-7-4-3-5-8-15/h3-5,7-8,10-13,18-19H,2,14H2,1H3/t18-/m0/s1. The number of benzene rings is 2. The Labute approximate surface area is 120 Å². The van der Waals surface area contributed by atoms with Crippen molar-refractivity contribution in [2.75, 3.05) is 6.61 Å². The largest absolute Gasteiger partial charge is 0.481 e. The lowest BCUT2D eigenvalue weighted by Crippen LogP contribution is -1.97. The molecule has 0 aliphatic carbocycles. The third-order valence-electron chi connectivity index (χ3n) is 2.97. The summed E-state index contributed by atoms with van der Waals surface area (Å²) in [7, 11) is 0. The van der Waals surface area contributed by atoms with E-state index in [9.17, 15) is 5.11 Å². The van der Waals surface area contributed by atoms with Crippen molar-refractivity contribution in [1.82, 2.24) is 0 Å². The molecule has 2 aromatic carbocycles. The van der Waals surface area contributed by atoms with Crippen LogP contribution < -0.4 is 4.74 Å². The van der Waals surface area contributed by atoms with Crippen molar-refractivity contribution in [3.8, 4) is 17.6 Å². The van der Waals surface area contributed by atoms with Gasteiger partial charge in [-0.05, 0) is 36.2 Å². The number of rotatable bonds is 4. The van der Waals surface area contributed by atoms with E-state index in [-0.39, 0.29) is 0 Å². The molecule has 2 heteroatoms. The van der Waals surface area contributed by atoms with Crippen molar-refractivity contribution >= 4 is 0 Å². The molecule has 1 atom stereocenters. The van der Waals surface area contributed by atoms with Crippen LogP contribution in [0.2, 0.25) is 0 Å². The zero-order valence-corrected chi connectivity index (χ0v) is 11.5. The predicted molar refractivity (Wildman–Crippen MR) is 80.5 cm³/mol. The lowest BCUT2D eigenvalue weighted by Gasteiger charge is -2.08. The number of hydrogen-bond donors (Lipinski definition) is 1. The Kier molecular flexibility index (Phi) is 5.23. The molecule has 20 heavy (non-hydrogen) atoms. The predicted octanol–water partition coefficient (Wildman–Crippen LogP) is 3.56. The molecule has 2 aromatic rings. The first-order valence-corrected chi connectivity index (χ1v) is 6.74. The summed E-state index contributed by atoms with van der Waals surface area (Å²) in [6, 6.07) is 17.3. The van der Waals surface area contributed by atoms with E-state index in [0.29, 0.717) is 13.0 Å². The zero-order chi connectivity index (χ0) is 14.2. The second-order valence-corrected chi connectivity index (χ2v) is 4.45. The van der Waals surface area contributed by atoms with Gasteiger partial charge in [0.25, 0.3) is 0 Å². The van der Waals surface area contributed by atoms with Crippen molar-refractivity contribution < 1.29 is 9.84 Å². The Morgan fingerprint density at radius 1 is 1.05 bits per heavy atom. The van der Waals surface area contributed by atoms with E-state index < -0.39 is 6.10 Å². The Balaban J connectivity index is 1.87. The molecular formula is C18H18O2. The van der Waals surface area contributed by atoms with Gasteiger partial charge in [0, 0.05) is 5.56 Å². The highest BCUT2D eigenvalue weighted by atomic mass is 16.5. The average Bonchev–Trinajstić information content (AvgIpc) is 2.52. The fourth-order valence-corrected chi connectivity index (χ4v) is 1.80. The van der Waals surface area contributed by atoms with Crippen LogP contribution >= 0.6 is 0 Å². The van der Waals surface area contributed by atoms with Gasteiger partial charge in [-0.15, -0.1) is 0 Å². The van der Waals surface area contributed by atoms with Crippen molar-refractivity contribution in [2.24, 2.45) is 0 Å². The summed E-state index contributed by atoms with van der Waals surface area (Å²) < 4.78 is 5.54. The van der Waals surface area contributed by atoms with Crippen molar-refractivity contribution in [2.45, 2.75) is 19.4 Å². The molecule has 0 aliphatic heterocycles. The number of ether oxygens (including phenoxy) is 1. The van der Waals surface area contributed by atoms with Gasteiger partial charge in [-0.3, -0.25) is 0 Å². The van der Waals surface area contributed by atoms with Gasteiger partial charge < -0.3 is 9.84 Å². The zero-order valence-electron chi connectivity index (χ0n) is 11.5. The van der Waals surface area contributed by atoms with E-state index in [0.717, 1.165) is 16.9 Å². The minimum atomic E-state index is -0.401. The summed E-state index contributed by atoms with van der Waals surface area (Å²) in [5.74, 6) is 6.78. The topological polar surface area (TPSA) is 29.5 Å². The molecule has 0 fully saturated rings.